The van der Waals surface area contributed by atoms with Crippen molar-refractivity contribution in [3.05, 3.63) is 74.2 Å². The summed E-state index contributed by atoms with van der Waals surface area (Å²) in [6.07, 6.45) is 1.63. The average Bonchev–Trinajstić information content (AvgIpc) is 3.11. The number of thiazole rings is 1. The van der Waals surface area contributed by atoms with Gasteiger partial charge in [0.2, 0.25) is 0 Å². The molecule has 0 unspecified atom stereocenters. The van der Waals surface area contributed by atoms with E-state index in [0.29, 0.717) is 20.6 Å². The zero-order valence-corrected chi connectivity index (χ0v) is 16.5. The number of nitriles is 1. The summed E-state index contributed by atoms with van der Waals surface area (Å²) in [5.41, 5.74) is 5.57. The lowest BCUT2D eigenvalue weighted by atomic mass is 10.1. The van der Waals surface area contributed by atoms with E-state index in [1.165, 1.54) is 22.5 Å². The molecule has 26 heavy (non-hydrogen) atoms. The molecule has 0 radical (unpaired) electrons. The summed E-state index contributed by atoms with van der Waals surface area (Å²) in [5.74, 6) is 0. The van der Waals surface area contributed by atoms with Crippen molar-refractivity contribution in [2.75, 3.05) is 5.32 Å². The average molecular weight is 400 g/mol. The van der Waals surface area contributed by atoms with E-state index < -0.39 is 0 Å². The molecule has 0 aliphatic heterocycles. The molecule has 3 aromatic rings. The van der Waals surface area contributed by atoms with Crippen LogP contribution in [0.25, 0.3) is 16.8 Å². The van der Waals surface area contributed by atoms with Gasteiger partial charge in [0.25, 0.3) is 0 Å². The fraction of sp³-hybridized carbons (Fsp3) is 0.100. The maximum absolute atomic E-state index is 9.48. The highest BCUT2D eigenvalue weighted by Crippen LogP contribution is 2.28. The van der Waals surface area contributed by atoms with Gasteiger partial charge in [-0.3, -0.25) is 0 Å². The minimum atomic E-state index is 0.454. The van der Waals surface area contributed by atoms with Gasteiger partial charge in [-0.1, -0.05) is 35.3 Å². The van der Waals surface area contributed by atoms with Crippen molar-refractivity contribution in [3.63, 3.8) is 0 Å². The highest BCUT2D eigenvalue weighted by atomic mass is 35.5. The van der Waals surface area contributed by atoms with Gasteiger partial charge in [-0.15, -0.1) is 11.3 Å². The van der Waals surface area contributed by atoms with Crippen LogP contribution in [0.5, 0.6) is 0 Å². The molecule has 0 fully saturated rings. The molecule has 0 spiro atoms. The minimum absolute atomic E-state index is 0.454. The molecular weight excluding hydrogens is 385 g/mol. The predicted molar refractivity (Wildman–Crippen MR) is 111 cm³/mol. The van der Waals surface area contributed by atoms with Crippen LogP contribution < -0.4 is 5.32 Å². The Balaban J connectivity index is 1.84. The number of aryl methyl sites for hydroxylation is 2. The fourth-order valence-corrected chi connectivity index (χ4v) is 3.41. The van der Waals surface area contributed by atoms with Crippen molar-refractivity contribution in [2.45, 2.75) is 13.8 Å². The van der Waals surface area contributed by atoms with Gasteiger partial charge in [-0.2, -0.15) is 5.26 Å². The number of allylic oxidation sites excluding steroid dienone is 1. The second kappa shape index (κ2) is 7.92. The van der Waals surface area contributed by atoms with E-state index in [2.05, 4.69) is 42.4 Å². The minimum Gasteiger partial charge on any atom is -0.360 e. The Bertz CT molecular complexity index is 1030. The first-order chi connectivity index (χ1) is 12.5. The van der Waals surface area contributed by atoms with Crippen LogP contribution in [0.4, 0.5) is 5.69 Å². The number of nitrogens with zero attached hydrogens (tertiary/aromatic N) is 2. The van der Waals surface area contributed by atoms with Crippen molar-refractivity contribution < 1.29 is 0 Å². The number of rotatable bonds is 4. The molecule has 130 valence electrons. The number of nitrogens with one attached hydrogen (secondary N) is 1. The highest BCUT2D eigenvalue weighted by Gasteiger charge is 2.10. The molecule has 2 aromatic carbocycles. The Labute approximate surface area is 166 Å². The topological polar surface area (TPSA) is 48.7 Å². The van der Waals surface area contributed by atoms with E-state index in [-0.39, 0.29) is 0 Å². The lowest BCUT2D eigenvalue weighted by Crippen LogP contribution is -1.91. The van der Waals surface area contributed by atoms with E-state index in [0.717, 1.165) is 16.9 Å². The van der Waals surface area contributed by atoms with Gasteiger partial charge < -0.3 is 5.32 Å². The second-order valence-corrected chi connectivity index (χ2v) is 7.45. The molecule has 0 saturated carbocycles. The Morgan fingerprint density at radius 3 is 2.62 bits per heavy atom. The van der Waals surface area contributed by atoms with Crippen molar-refractivity contribution >= 4 is 45.8 Å². The van der Waals surface area contributed by atoms with Gasteiger partial charge in [-0.25, -0.2) is 4.98 Å². The number of anilines is 1. The molecule has 0 saturated heterocycles. The van der Waals surface area contributed by atoms with Gasteiger partial charge in [0, 0.05) is 22.8 Å². The Kier molecular flexibility index (Phi) is 5.63. The Hall–Kier alpha value is -2.32. The number of benzene rings is 2. The molecule has 1 aromatic heterocycles. The fourth-order valence-electron chi connectivity index (χ4n) is 2.31. The molecule has 3 nitrogen and oxygen atoms in total. The molecule has 0 bridgehead atoms. The summed E-state index contributed by atoms with van der Waals surface area (Å²) >= 11 is 13.4. The summed E-state index contributed by atoms with van der Waals surface area (Å²) in [7, 11) is 0. The lowest BCUT2D eigenvalue weighted by molar-refractivity contribution is 1.31. The van der Waals surface area contributed by atoms with Crippen molar-refractivity contribution in [2.24, 2.45) is 0 Å². The standard InChI is InChI=1S/C20H15Cl2N3S/c1-12-3-4-14(7-13(12)2)19-11-26-20(25-19)15(9-23)10-24-16-5-6-17(21)18(22)8-16/h3-8,10-11,24H,1-2H3. The van der Waals surface area contributed by atoms with Crippen molar-refractivity contribution in [1.29, 1.82) is 5.26 Å². The Morgan fingerprint density at radius 2 is 1.92 bits per heavy atom. The molecule has 1 N–H and O–H groups in total. The van der Waals surface area contributed by atoms with Crippen LogP contribution in [0, 0.1) is 25.2 Å². The number of hydrogen-bond donors (Lipinski definition) is 1. The van der Waals surface area contributed by atoms with Crippen LogP contribution in [0.3, 0.4) is 0 Å². The molecule has 6 heteroatoms. The van der Waals surface area contributed by atoms with E-state index in [4.69, 9.17) is 23.2 Å². The van der Waals surface area contributed by atoms with Gasteiger partial charge in [0.15, 0.2) is 0 Å². The monoisotopic (exact) mass is 399 g/mol. The van der Waals surface area contributed by atoms with E-state index in [1.54, 1.807) is 24.4 Å². The first kappa shape index (κ1) is 18.5. The van der Waals surface area contributed by atoms with Crippen LogP contribution in [-0.4, -0.2) is 4.98 Å². The third-order valence-electron chi connectivity index (χ3n) is 3.96. The zero-order chi connectivity index (χ0) is 18.7. The molecule has 1 heterocycles. The third-order valence-corrected chi connectivity index (χ3v) is 5.58. The van der Waals surface area contributed by atoms with Gasteiger partial charge in [-0.05, 0) is 49.2 Å². The third kappa shape index (κ3) is 4.08. The summed E-state index contributed by atoms with van der Waals surface area (Å²) in [4.78, 5) is 4.61. The summed E-state index contributed by atoms with van der Waals surface area (Å²) < 4.78 is 0. The molecule has 0 amide bonds. The molecule has 3 rings (SSSR count). The van der Waals surface area contributed by atoms with Crippen LogP contribution >= 0.6 is 34.5 Å². The quantitative estimate of drug-likeness (QED) is 0.495. The maximum Gasteiger partial charge on any atom is 0.136 e. The summed E-state index contributed by atoms with van der Waals surface area (Å²) in [6, 6.07) is 13.6. The SMILES string of the molecule is Cc1ccc(-c2csc(C(C#N)=CNc3ccc(Cl)c(Cl)c3)n2)cc1C. The smallest absolute Gasteiger partial charge is 0.136 e. The first-order valence-electron chi connectivity index (χ1n) is 7.83. The lowest BCUT2D eigenvalue weighted by Gasteiger charge is -2.03. The number of hydrogen-bond acceptors (Lipinski definition) is 4. The van der Waals surface area contributed by atoms with Gasteiger partial charge in [0.1, 0.15) is 16.6 Å². The number of halogens is 2. The van der Waals surface area contributed by atoms with Crippen molar-refractivity contribution in [1.82, 2.24) is 4.98 Å². The largest absolute Gasteiger partial charge is 0.360 e. The summed E-state index contributed by atoms with van der Waals surface area (Å²) in [6.45, 7) is 4.16. The van der Waals surface area contributed by atoms with Gasteiger partial charge in [0.05, 0.1) is 15.7 Å². The van der Waals surface area contributed by atoms with Crippen LogP contribution in [0.15, 0.2) is 48.0 Å². The molecule has 0 aliphatic rings. The maximum atomic E-state index is 9.48. The molecule has 0 atom stereocenters. The van der Waals surface area contributed by atoms with E-state index in [9.17, 15) is 5.26 Å². The normalized spacial score (nSPS) is 11.3. The number of aromatic nitrogens is 1. The molecular formula is C20H15Cl2N3S. The zero-order valence-electron chi connectivity index (χ0n) is 14.2. The highest BCUT2D eigenvalue weighted by molar-refractivity contribution is 7.11. The van der Waals surface area contributed by atoms with E-state index in [1.807, 2.05) is 11.4 Å². The first-order valence-corrected chi connectivity index (χ1v) is 9.47. The Morgan fingerprint density at radius 1 is 1.12 bits per heavy atom. The van der Waals surface area contributed by atoms with E-state index >= 15 is 0 Å². The van der Waals surface area contributed by atoms with Crippen LogP contribution in [0.1, 0.15) is 16.1 Å². The molecule has 0 aliphatic carbocycles. The van der Waals surface area contributed by atoms with Gasteiger partial charge >= 0.3 is 0 Å². The second-order valence-electron chi connectivity index (χ2n) is 5.78. The van der Waals surface area contributed by atoms with Crippen LogP contribution in [-0.2, 0) is 0 Å². The van der Waals surface area contributed by atoms with Crippen LogP contribution in [0.2, 0.25) is 10.0 Å². The predicted octanol–water partition coefficient (Wildman–Crippen LogP) is 6.71. The summed E-state index contributed by atoms with van der Waals surface area (Å²) in [5, 5.41) is 16.1. The van der Waals surface area contributed by atoms with Crippen molar-refractivity contribution in [3.8, 4) is 17.3 Å².